The quantitative estimate of drug-likeness (QED) is 0.631. The van der Waals surface area contributed by atoms with E-state index in [1.54, 1.807) is 22.9 Å². The summed E-state index contributed by atoms with van der Waals surface area (Å²) in [6, 6.07) is 7.83. The van der Waals surface area contributed by atoms with E-state index in [0.717, 1.165) is 22.2 Å². The summed E-state index contributed by atoms with van der Waals surface area (Å²) in [5.41, 5.74) is 1.90. The number of para-hydroxylation sites is 1. The van der Waals surface area contributed by atoms with Crippen molar-refractivity contribution in [3.05, 3.63) is 35.9 Å². The zero-order valence-corrected chi connectivity index (χ0v) is 12.4. The summed E-state index contributed by atoms with van der Waals surface area (Å²) in [5.74, 6) is -0.0937. The first-order valence-corrected chi connectivity index (χ1v) is 7.46. The highest BCUT2D eigenvalue weighted by Gasteiger charge is 2.18. The van der Waals surface area contributed by atoms with Crippen LogP contribution in [-0.2, 0) is 4.79 Å². The highest BCUT2D eigenvalue weighted by atomic mass is 32.1. The Bertz CT molecular complexity index is 725. The predicted molar refractivity (Wildman–Crippen MR) is 82.9 cm³/mol. The van der Waals surface area contributed by atoms with E-state index in [9.17, 15) is 4.79 Å². The van der Waals surface area contributed by atoms with Gasteiger partial charge in [-0.15, -0.1) is 0 Å². The monoisotopic (exact) mass is 298 g/mol. The Hall–Kier alpha value is -2.39. The maximum absolute atomic E-state index is 12.3. The lowest BCUT2D eigenvalue weighted by Crippen LogP contribution is -2.24. The average Bonchev–Trinajstić information content (AvgIpc) is 3.12. The number of hydrogen-bond donors (Lipinski definition) is 0. The molecule has 106 valence electrons. The number of benzene rings is 1. The number of nitrogens with zero attached hydrogens (tertiary/aromatic N) is 4. The number of fused-ring (bicyclic) bond motifs is 1. The Labute approximate surface area is 126 Å². The van der Waals surface area contributed by atoms with Crippen molar-refractivity contribution in [1.29, 1.82) is 5.26 Å². The number of carbonyl (C=O) groups is 1. The molecule has 2 heterocycles. The third-order valence-corrected chi connectivity index (χ3v) is 4.58. The number of anilines is 1. The Morgan fingerprint density at radius 1 is 1.52 bits per heavy atom. The highest BCUT2D eigenvalue weighted by molar-refractivity contribution is 7.22. The molecule has 2 aromatic rings. The molecule has 0 saturated carbocycles. The minimum atomic E-state index is -0.0937. The van der Waals surface area contributed by atoms with Crippen LogP contribution in [0.3, 0.4) is 0 Å². The molecule has 6 heteroatoms. The number of carbonyl (C=O) groups excluding carboxylic acids is 1. The van der Waals surface area contributed by atoms with Gasteiger partial charge in [0.25, 0.3) is 5.91 Å². The molecule has 0 atom stereocenters. The second-order valence-electron chi connectivity index (χ2n) is 4.94. The SMILES string of the molecule is CN(C(=O)C=C1CCN(C#N)C1)c1nc2ccccc2s1. The van der Waals surface area contributed by atoms with Gasteiger partial charge in [0.2, 0.25) is 0 Å². The zero-order chi connectivity index (χ0) is 14.8. The fraction of sp³-hybridized carbons (Fsp3) is 0.267. The van der Waals surface area contributed by atoms with Gasteiger partial charge >= 0.3 is 0 Å². The first-order valence-electron chi connectivity index (χ1n) is 6.65. The molecular weight excluding hydrogens is 284 g/mol. The normalized spacial score (nSPS) is 16.4. The van der Waals surface area contributed by atoms with E-state index in [1.807, 2.05) is 24.3 Å². The van der Waals surface area contributed by atoms with Crippen LogP contribution in [0.25, 0.3) is 10.2 Å². The first kappa shape index (κ1) is 13.6. The van der Waals surface area contributed by atoms with Crippen LogP contribution in [0.4, 0.5) is 5.13 Å². The van der Waals surface area contributed by atoms with Crippen LogP contribution >= 0.6 is 11.3 Å². The summed E-state index contributed by atoms with van der Waals surface area (Å²) in [4.78, 5) is 20.0. The van der Waals surface area contributed by atoms with Gasteiger partial charge in [-0.3, -0.25) is 9.69 Å². The van der Waals surface area contributed by atoms with Gasteiger partial charge in [0.15, 0.2) is 11.3 Å². The van der Waals surface area contributed by atoms with Gasteiger partial charge in [-0.05, 0) is 24.1 Å². The number of amides is 1. The molecule has 21 heavy (non-hydrogen) atoms. The standard InChI is InChI=1S/C15H14N4OS/c1-18(14(20)8-11-6-7-19(9-11)10-16)15-17-12-4-2-3-5-13(12)21-15/h2-5,8H,6-7,9H2,1H3. The molecule has 1 saturated heterocycles. The molecule has 1 aliphatic rings. The Kier molecular flexibility index (Phi) is 3.59. The first-order chi connectivity index (χ1) is 10.2. The van der Waals surface area contributed by atoms with Gasteiger partial charge in [0.1, 0.15) is 0 Å². The summed E-state index contributed by atoms with van der Waals surface area (Å²) in [6.07, 6.45) is 4.50. The highest BCUT2D eigenvalue weighted by Crippen LogP contribution is 2.28. The molecule has 1 amide bonds. The van der Waals surface area contributed by atoms with Crippen molar-refractivity contribution in [1.82, 2.24) is 9.88 Å². The van der Waals surface area contributed by atoms with Crippen LogP contribution in [0, 0.1) is 11.5 Å². The molecule has 1 fully saturated rings. The summed E-state index contributed by atoms with van der Waals surface area (Å²) in [6.45, 7) is 1.25. The average molecular weight is 298 g/mol. The zero-order valence-electron chi connectivity index (χ0n) is 11.6. The van der Waals surface area contributed by atoms with Gasteiger partial charge in [0.05, 0.1) is 10.2 Å². The molecule has 0 N–H and O–H groups in total. The van der Waals surface area contributed by atoms with Crippen LogP contribution in [0.2, 0.25) is 0 Å². The fourth-order valence-corrected chi connectivity index (χ4v) is 3.19. The second kappa shape index (κ2) is 5.54. The summed E-state index contributed by atoms with van der Waals surface area (Å²) < 4.78 is 1.07. The maximum atomic E-state index is 12.3. The fourth-order valence-electron chi connectivity index (χ4n) is 2.25. The molecule has 1 aromatic heterocycles. The van der Waals surface area contributed by atoms with Crippen LogP contribution in [0.1, 0.15) is 6.42 Å². The predicted octanol–water partition coefficient (Wildman–Crippen LogP) is 2.37. The second-order valence-corrected chi connectivity index (χ2v) is 5.94. The molecule has 0 bridgehead atoms. The molecule has 0 spiro atoms. The van der Waals surface area contributed by atoms with E-state index in [-0.39, 0.29) is 5.91 Å². The number of thiazole rings is 1. The third-order valence-electron chi connectivity index (χ3n) is 3.47. The Morgan fingerprint density at radius 3 is 3.05 bits per heavy atom. The number of likely N-dealkylation sites (tertiary alicyclic amines) is 1. The van der Waals surface area contributed by atoms with Gasteiger partial charge < -0.3 is 4.90 Å². The number of likely N-dealkylation sites (N-methyl/N-ethyl adjacent to an activating group) is 1. The summed E-state index contributed by atoms with van der Waals surface area (Å²) in [7, 11) is 1.73. The van der Waals surface area contributed by atoms with Crippen molar-refractivity contribution < 1.29 is 4.79 Å². The maximum Gasteiger partial charge on any atom is 0.252 e. The van der Waals surface area contributed by atoms with Gasteiger partial charge in [-0.2, -0.15) is 5.26 Å². The topological polar surface area (TPSA) is 60.2 Å². The van der Waals surface area contributed by atoms with Crippen molar-refractivity contribution in [2.75, 3.05) is 25.0 Å². The Morgan fingerprint density at radius 2 is 2.33 bits per heavy atom. The summed E-state index contributed by atoms with van der Waals surface area (Å²) in [5, 5.41) is 9.52. The molecule has 0 radical (unpaired) electrons. The molecule has 5 nitrogen and oxygen atoms in total. The minimum absolute atomic E-state index is 0.0937. The minimum Gasteiger partial charge on any atom is -0.306 e. The van der Waals surface area contributed by atoms with Crippen LogP contribution in [-0.4, -0.2) is 35.9 Å². The lowest BCUT2D eigenvalue weighted by Gasteiger charge is -2.11. The van der Waals surface area contributed by atoms with Gasteiger partial charge in [0, 0.05) is 26.2 Å². The number of aromatic nitrogens is 1. The van der Waals surface area contributed by atoms with E-state index in [2.05, 4.69) is 11.2 Å². The molecule has 1 aliphatic heterocycles. The summed E-state index contributed by atoms with van der Waals surface area (Å²) >= 11 is 1.50. The van der Waals surface area contributed by atoms with E-state index >= 15 is 0 Å². The number of hydrogen-bond acceptors (Lipinski definition) is 5. The smallest absolute Gasteiger partial charge is 0.252 e. The Balaban J connectivity index is 1.78. The van der Waals surface area contributed by atoms with E-state index < -0.39 is 0 Å². The largest absolute Gasteiger partial charge is 0.306 e. The number of nitriles is 1. The molecule has 0 aliphatic carbocycles. The van der Waals surface area contributed by atoms with Crippen molar-refractivity contribution in [3.8, 4) is 6.19 Å². The van der Waals surface area contributed by atoms with Gasteiger partial charge in [-0.1, -0.05) is 23.5 Å². The van der Waals surface area contributed by atoms with Crippen molar-refractivity contribution >= 4 is 32.6 Å². The molecule has 1 aromatic carbocycles. The lowest BCUT2D eigenvalue weighted by molar-refractivity contribution is -0.113. The van der Waals surface area contributed by atoms with Crippen molar-refractivity contribution in [2.45, 2.75) is 6.42 Å². The lowest BCUT2D eigenvalue weighted by atomic mass is 10.2. The number of rotatable bonds is 2. The molecular formula is C15H14N4OS. The van der Waals surface area contributed by atoms with Gasteiger partial charge in [-0.25, -0.2) is 4.98 Å². The van der Waals surface area contributed by atoms with Crippen molar-refractivity contribution in [2.24, 2.45) is 0 Å². The van der Waals surface area contributed by atoms with E-state index in [0.29, 0.717) is 18.2 Å². The third kappa shape index (κ3) is 2.73. The molecule has 0 unspecified atom stereocenters. The van der Waals surface area contributed by atoms with Crippen LogP contribution in [0.15, 0.2) is 35.9 Å². The van der Waals surface area contributed by atoms with Crippen LogP contribution < -0.4 is 4.90 Å². The van der Waals surface area contributed by atoms with Crippen LogP contribution in [0.5, 0.6) is 0 Å². The molecule has 3 rings (SSSR count). The van der Waals surface area contributed by atoms with E-state index in [1.165, 1.54) is 11.3 Å². The van der Waals surface area contributed by atoms with Crippen molar-refractivity contribution in [3.63, 3.8) is 0 Å². The van der Waals surface area contributed by atoms with E-state index in [4.69, 9.17) is 5.26 Å².